The lowest BCUT2D eigenvalue weighted by Gasteiger charge is -2.35. The zero-order valence-electron chi connectivity index (χ0n) is 13.4. The maximum Gasteiger partial charge on any atom is 0.268 e. The Bertz CT molecular complexity index is 715. The molecule has 0 radical (unpaired) electrons. The summed E-state index contributed by atoms with van der Waals surface area (Å²) in [5.41, 5.74) is 1.72. The third-order valence-corrected chi connectivity index (χ3v) is 3.90. The van der Waals surface area contributed by atoms with Crippen LogP contribution in [-0.4, -0.2) is 36.1 Å². The van der Waals surface area contributed by atoms with Gasteiger partial charge in [-0.15, -0.1) is 5.10 Å². The molecule has 1 aromatic heterocycles. The lowest BCUT2D eigenvalue weighted by atomic mass is 10.1. The molecule has 1 unspecified atom stereocenters. The van der Waals surface area contributed by atoms with Crippen LogP contribution < -0.4 is 15.2 Å². The fourth-order valence-corrected chi connectivity index (χ4v) is 2.71. The van der Waals surface area contributed by atoms with Crippen LogP contribution in [0, 0.1) is 0 Å². The van der Waals surface area contributed by atoms with Crippen molar-refractivity contribution in [3.05, 3.63) is 52.3 Å². The minimum absolute atomic E-state index is 0.0246. The molecule has 6 heteroatoms. The van der Waals surface area contributed by atoms with Crippen LogP contribution in [-0.2, 0) is 11.8 Å². The van der Waals surface area contributed by atoms with Crippen LogP contribution in [0.5, 0.6) is 5.88 Å². The van der Waals surface area contributed by atoms with Gasteiger partial charge in [-0.1, -0.05) is 30.3 Å². The Morgan fingerprint density at radius 2 is 2.13 bits per heavy atom. The number of benzene rings is 1. The summed E-state index contributed by atoms with van der Waals surface area (Å²) in [7, 11) is 1.63. The zero-order valence-corrected chi connectivity index (χ0v) is 13.4. The number of morpholine rings is 1. The van der Waals surface area contributed by atoms with Gasteiger partial charge in [0.1, 0.15) is 11.8 Å². The van der Waals surface area contributed by atoms with E-state index in [9.17, 15) is 4.79 Å². The topological polar surface area (TPSA) is 56.6 Å². The van der Waals surface area contributed by atoms with Crippen molar-refractivity contribution in [3.8, 4) is 5.88 Å². The molecule has 0 saturated carbocycles. The Balaban J connectivity index is 1.89. The summed E-state index contributed by atoms with van der Waals surface area (Å²) in [5.74, 6) is 0.489. The van der Waals surface area contributed by atoms with E-state index in [-0.39, 0.29) is 11.7 Å². The van der Waals surface area contributed by atoms with Gasteiger partial charge in [0.15, 0.2) is 0 Å². The fraction of sp³-hybridized carbons (Fsp3) is 0.412. The van der Waals surface area contributed by atoms with Crippen molar-refractivity contribution in [1.82, 2.24) is 9.78 Å². The summed E-state index contributed by atoms with van der Waals surface area (Å²) < 4.78 is 12.8. The van der Waals surface area contributed by atoms with E-state index in [1.165, 1.54) is 4.68 Å². The highest BCUT2D eigenvalue weighted by Crippen LogP contribution is 2.30. The molecule has 122 valence electrons. The van der Waals surface area contributed by atoms with Gasteiger partial charge in [-0.05, 0) is 12.5 Å². The van der Waals surface area contributed by atoms with Crippen molar-refractivity contribution in [2.45, 2.75) is 13.0 Å². The SMILES string of the molecule is CCOc1nn(C)c(=O)cc1N1CCOC(c2ccccc2)C1. The van der Waals surface area contributed by atoms with Gasteiger partial charge in [0.05, 0.1) is 13.2 Å². The number of hydrogen-bond acceptors (Lipinski definition) is 5. The van der Waals surface area contributed by atoms with E-state index < -0.39 is 0 Å². The smallest absolute Gasteiger partial charge is 0.268 e. The summed E-state index contributed by atoms with van der Waals surface area (Å²) in [4.78, 5) is 14.1. The molecule has 0 aliphatic carbocycles. The Morgan fingerprint density at radius 3 is 2.87 bits per heavy atom. The third kappa shape index (κ3) is 3.37. The van der Waals surface area contributed by atoms with E-state index in [1.54, 1.807) is 13.1 Å². The molecule has 1 aliphatic heterocycles. The average molecular weight is 315 g/mol. The standard InChI is InChI=1S/C17H21N3O3/c1-3-22-17-14(11-16(21)19(2)18-17)20-9-10-23-15(12-20)13-7-5-4-6-8-13/h4-8,11,15H,3,9-10,12H2,1-2H3. The second-order valence-corrected chi connectivity index (χ2v) is 5.45. The van der Waals surface area contributed by atoms with Crippen molar-refractivity contribution in [3.63, 3.8) is 0 Å². The van der Waals surface area contributed by atoms with Crippen molar-refractivity contribution in [2.75, 3.05) is 31.2 Å². The van der Waals surface area contributed by atoms with E-state index in [0.717, 1.165) is 11.3 Å². The Kier molecular flexibility index (Phi) is 4.62. The first-order valence-corrected chi connectivity index (χ1v) is 7.81. The molecule has 1 aliphatic rings. The number of anilines is 1. The predicted molar refractivity (Wildman–Crippen MR) is 88.0 cm³/mol. The van der Waals surface area contributed by atoms with E-state index >= 15 is 0 Å². The Morgan fingerprint density at radius 1 is 1.35 bits per heavy atom. The maximum atomic E-state index is 12.0. The van der Waals surface area contributed by atoms with Crippen molar-refractivity contribution >= 4 is 5.69 Å². The molecule has 23 heavy (non-hydrogen) atoms. The zero-order chi connectivity index (χ0) is 16.2. The Hall–Kier alpha value is -2.34. The second kappa shape index (κ2) is 6.83. The first-order valence-electron chi connectivity index (χ1n) is 7.81. The highest BCUT2D eigenvalue weighted by Gasteiger charge is 2.25. The van der Waals surface area contributed by atoms with Gasteiger partial charge in [0.2, 0.25) is 0 Å². The predicted octanol–water partition coefficient (Wildman–Crippen LogP) is 1.76. The van der Waals surface area contributed by atoms with Crippen LogP contribution in [0.15, 0.2) is 41.2 Å². The lowest BCUT2D eigenvalue weighted by molar-refractivity contribution is 0.0395. The summed E-state index contributed by atoms with van der Waals surface area (Å²) >= 11 is 0. The molecule has 0 bridgehead atoms. The average Bonchev–Trinajstić information content (AvgIpc) is 2.59. The minimum Gasteiger partial charge on any atom is -0.475 e. The second-order valence-electron chi connectivity index (χ2n) is 5.45. The minimum atomic E-state index is -0.147. The first-order chi connectivity index (χ1) is 11.2. The lowest BCUT2D eigenvalue weighted by Crippen LogP contribution is -2.39. The number of rotatable bonds is 4. The summed E-state index contributed by atoms with van der Waals surface area (Å²) in [6.45, 7) is 4.38. The molecule has 2 aromatic rings. The number of aryl methyl sites for hydroxylation is 1. The first kappa shape index (κ1) is 15.6. The summed E-state index contributed by atoms with van der Waals surface area (Å²) in [5, 5.41) is 4.23. The molecule has 2 heterocycles. The highest BCUT2D eigenvalue weighted by molar-refractivity contribution is 5.54. The van der Waals surface area contributed by atoms with Crippen LogP contribution in [0.1, 0.15) is 18.6 Å². The van der Waals surface area contributed by atoms with Crippen molar-refractivity contribution in [1.29, 1.82) is 0 Å². The summed E-state index contributed by atoms with van der Waals surface area (Å²) in [6.07, 6.45) is -0.0246. The number of nitrogens with zero attached hydrogens (tertiary/aromatic N) is 3. The van der Waals surface area contributed by atoms with Gasteiger partial charge in [0.25, 0.3) is 11.4 Å². The van der Waals surface area contributed by atoms with E-state index in [0.29, 0.717) is 32.2 Å². The van der Waals surface area contributed by atoms with Gasteiger partial charge in [-0.2, -0.15) is 0 Å². The molecular weight excluding hydrogens is 294 g/mol. The van der Waals surface area contributed by atoms with Crippen LogP contribution in [0.4, 0.5) is 5.69 Å². The van der Waals surface area contributed by atoms with Crippen molar-refractivity contribution in [2.24, 2.45) is 7.05 Å². The van der Waals surface area contributed by atoms with E-state index in [4.69, 9.17) is 9.47 Å². The van der Waals surface area contributed by atoms with E-state index in [1.807, 2.05) is 25.1 Å². The maximum absolute atomic E-state index is 12.0. The number of ether oxygens (including phenoxy) is 2. The third-order valence-electron chi connectivity index (χ3n) is 3.90. The molecule has 1 atom stereocenters. The van der Waals surface area contributed by atoms with Gasteiger partial charge in [-0.3, -0.25) is 4.79 Å². The van der Waals surface area contributed by atoms with Gasteiger partial charge in [-0.25, -0.2) is 4.68 Å². The number of hydrogen-bond donors (Lipinski definition) is 0. The van der Waals surface area contributed by atoms with Crippen LogP contribution >= 0.6 is 0 Å². The molecule has 0 spiro atoms. The van der Waals surface area contributed by atoms with Gasteiger partial charge < -0.3 is 14.4 Å². The quantitative estimate of drug-likeness (QED) is 0.860. The van der Waals surface area contributed by atoms with Crippen LogP contribution in [0.3, 0.4) is 0 Å². The molecule has 1 aromatic carbocycles. The normalized spacial score (nSPS) is 18.0. The summed E-state index contributed by atoms with van der Waals surface area (Å²) in [6, 6.07) is 11.7. The van der Waals surface area contributed by atoms with Crippen molar-refractivity contribution < 1.29 is 9.47 Å². The fourth-order valence-electron chi connectivity index (χ4n) is 2.71. The molecule has 0 amide bonds. The van der Waals surface area contributed by atoms with Crippen LogP contribution in [0.2, 0.25) is 0 Å². The largest absolute Gasteiger partial charge is 0.475 e. The number of aromatic nitrogens is 2. The van der Waals surface area contributed by atoms with Crippen LogP contribution in [0.25, 0.3) is 0 Å². The van der Waals surface area contributed by atoms with E-state index in [2.05, 4.69) is 22.1 Å². The molecule has 3 rings (SSSR count). The molecule has 6 nitrogen and oxygen atoms in total. The molecule has 1 fully saturated rings. The monoisotopic (exact) mass is 315 g/mol. The van der Waals surface area contributed by atoms with Gasteiger partial charge >= 0.3 is 0 Å². The Labute approximate surface area is 135 Å². The molecule has 0 N–H and O–H groups in total. The highest BCUT2D eigenvalue weighted by atomic mass is 16.5. The molecule has 1 saturated heterocycles. The molecular formula is C17H21N3O3. The van der Waals surface area contributed by atoms with Gasteiger partial charge in [0, 0.05) is 26.2 Å².